The van der Waals surface area contributed by atoms with E-state index in [4.69, 9.17) is 9.47 Å². The molecule has 2 atom stereocenters. The average molecular weight is 437 g/mol. The molecule has 1 amide bonds. The summed E-state index contributed by atoms with van der Waals surface area (Å²) in [5, 5.41) is 7.57. The van der Waals surface area contributed by atoms with Gasteiger partial charge in [0.05, 0.1) is 24.3 Å². The Kier molecular flexibility index (Phi) is 4.61. The van der Waals surface area contributed by atoms with Crippen LogP contribution in [0, 0.1) is 5.92 Å². The van der Waals surface area contributed by atoms with Gasteiger partial charge in [0.15, 0.2) is 11.5 Å². The maximum Gasteiger partial charge on any atom is 0.256 e. The first-order valence-electron chi connectivity index (χ1n) is 8.65. The summed E-state index contributed by atoms with van der Waals surface area (Å²) in [6.07, 6.45) is 2.90. The number of rotatable bonds is 3. The van der Waals surface area contributed by atoms with Gasteiger partial charge in [-0.3, -0.25) is 4.79 Å². The lowest BCUT2D eigenvalue weighted by Crippen LogP contribution is -2.38. The number of hydrogen-bond acceptors (Lipinski definition) is 5. The third-order valence-corrected chi connectivity index (χ3v) is 6.85. The molecule has 0 saturated heterocycles. The number of carbonyl (C=O) groups excluding carboxylic acids is 1. The summed E-state index contributed by atoms with van der Waals surface area (Å²) in [4.78, 5) is 14.2. The highest BCUT2D eigenvalue weighted by atomic mass is 79.9. The van der Waals surface area contributed by atoms with E-state index in [1.165, 1.54) is 10.4 Å². The van der Waals surface area contributed by atoms with E-state index in [9.17, 15) is 4.79 Å². The molecule has 1 aliphatic heterocycles. The van der Waals surface area contributed by atoms with Gasteiger partial charge in [0.25, 0.3) is 5.91 Å². The second-order valence-electron chi connectivity index (χ2n) is 6.84. The summed E-state index contributed by atoms with van der Waals surface area (Å²) >= 11 is 5.25. The second kappa shape index (κ2) is 6.78. The van der Waals surface area contributed by atoms with Crippen molar-refractivity contribution in [2.75, 3.05) is 19.5 Å². The van der Waals surface area contributed by atoms with Gasteiger partial charge in [-0.25, -0.2) is 0 Å². The van der Waals surface area contributed by atoms with E-state index in [0.29, 0.717) is 17.4 Å². The van der Waals surface area contributed by atoms with Gasteiger partial charge in [0, 0.05) is 4.88 Å². The van der Waals surface area contributed by atoms with E-state index >= 15 is 0 Å². The molecule has 1 aromatic heterocycles. The molecular formula is C19H21BrN2O3S. The third kappa shape index (κ3) is 2.87. The number of methoxy groups -OCH3 is 2. The topological polar surface area (TPSA) is 59.6 Å². The van der Waals surface area contributed by atoms with Crippen LogP contribution in [0.2, 0.25) is 0 Å². The van der Waals surface area contributed by atoms with E-state index in [0.717, 1.165) is 39.9 Å². The standard InChI is InChI=1S/C19H21BrN2O3S/c1-9-4-5-11-14(6-9)26-19-15(11)18(23)21-17(22-19)10-7-12(20)16(25-3)13(8-10)24-2/h7-9,17,22H,4-6H2,1-3H3,(H,21,23)/t9-,17-/m0/s1. The molecular weight excluding hydrogens is 416 g/mol. The Morgan fingerprint density at radius 1 is 1.23 bits per heavy atom. The van der Waals surface area contributed by atoms with Gasteiger partial charge in [0.2, 0.25) is 0 Å². The number of carbonyl (C=O) groups is 1. The second-order valence-corrected chi connectivity index (χ2v) is 8.80. The van der Waals surface area contributed by atoms with Gasteiger partial charge in [-0.2, -0.15) is 0 Å². The summed E-state index contributed by atoms with van der Waals surface area (Å²) in [5.41, 5.74) is 2.99. The fraction of sp³-hybridized carbons (Fsp3) is 0.421. The minimum atomic E-state index is -0.302. The van der Waals surface area contributed by atoms with Gasteiger partial charge in [0.1, 0.15) is 11.2 Å². The van der Waals surface area contributed by atoms with Gasteiger partial charge in [-0.05, 0) is 64.4 Å². The highest BCUT2D eigenvalue weighted by Gasteiger charge is 2.33. The molecule has 2 aromatic rings. The summed E-state index contributed by atoms with van der Waals surface area (Å²) < 4.78 is 11.6. The number of benzene rings is 1. The number of hydrogen-bond donors (Lipinski definition) is 2. The van der Waals surface area contributed by atoms with E-state index in [1.54, 1.807) is 25.6 Å². The van der Waals surface area contributed by atoms with Crippen LogP contribution < -0.4 is 20.1 Å². The first-order chi connectivity index (χ1) is 12.5. The predicted octanol–water partition coefficient (Wildman–Crippen LogP) is 4.51. The van der Waals surface area contributed by atoms with Crippen LogP contribution in [0.1, 0.15) is 45.9 Å². The van der Waals surface area contributed by atoms with Gasteiger partial charge in [-0.15, -0.1) is 11.3 Å². The highest BCUT2D eigenvalue weighted by Crippen LogP contribution is 2.44. The fourth-order valence-corrected chi connectivity index (χ4v) is 5.79. The lowest BCUT2D eigenvalue weighted by atomic mass is 9.88. The Labute approximate surface area is 165 Å². The average Bonchev–Trinajstić information content (AvgIpc) is 2.98. The molecule has 2 aliphatic rings. The summed E-state index contributed by atoms with van der Waals surface area (Å²) in [7, 11) is 3.21. The number of halogens is 1. The minimum absolute atomic E-state index is 0.00158. The van der Waals surface area contributed by atoms with Crippen LogP contribution in [-0.2, 0) is 12.8 Å². The molecule has 1 aromatic carbocycles. The van der Waals surface area contributed by atoms with Gasteiger partial charge in [-0.1, -0.05) is 6.92 Å². The maximum absolute atomic E-state index is 12.8. The smallest absolute Gasteiger partial charge is 0.256 e. The number of fused-ring (bicyclic) bond motifs is 3. The Morgan fingerprint density at radius 2 is 2.04 bits per heavy atom. The van der Waals surface area contributed by atoms with Gasteiger partial charge < -0.3 is 20.1 Å². The Bertz CT molecular complexity index is 880. The van der Waals surface area contributed by atoms with Crippen LogP contribution in [0.5, 0.6) is 11.5 Å². The Hall–Kier alpha value is -1.73. The highest BCUT2D eigenvalue weighted by molar-refractivity contribution is 9.10. The monoisotopic (exact) mass is 436 g/mol. The molecule has 0 unspecified atom stereocenters. The van der Waals surface area contributed by atoms with E-state index in [-0.39, 0.29) is 12.1 Å². The van der Waals surface area contributed by atoms with Crippen LogP contribution in [0.4, 0.5) is 5.00 Å². The number of amides is 1. The summed E-state index contributed by atoms with van der Waals surface area (Å²) in [6, 6.07) is 3.84. The molecule has 4 rings (SSSR count). The van der Waals surface area contributed by atoms with Gasteiger partial charge >= 0.3 is 0 Å². The SMILES string of the molecule is COc1cc([C@H]2NC(=O)c3c(sc4c3CC[C@H](C)C4)N2)cc(Br)c1OC. The molecule has 0 saturated carbocycles. The van der Waals surface area contributed by atoms with Crippen molar-refractivity contribution >= 4 is 38.2 Å². The van der Waals surface area contributed by atoms with Crippen molar-refractivity contribution in [2.24, 2.45) is 5.92 Å². The largest absolute Gasteiger partial charge is 0.493 e. The molecule has 0 bridgehead atoms. The van der Waals surface area contributed by atoms with Crippen LogP contribution in [-0.4, -0.2) is 20.1 Å². The lowest BCUT2D eigenvalue weighted by molar-refractivity contribution is 0.0935. The zero-order valence-electron chi connectivity index (χ0n) is 14.9. The number of ether oxygens (including phenoxy) is 2. The molecule has 7 heteroatoms. The molecule has 0 spiro atoms. The quantitative estimate of drug-likeness (QED) is 0.742. The Morgan fingerprint density at radius 3 is 2.77 bits per heavy atom. The number of thiophene rings is 1. The normalized spacial score (nSPS) is 21.3. The molecule has 138 valence electrons. The van der Waals surface area contributed by atoms with E-state index in [2.05, 4.69) is 33.5 Å². The molecule has 5 nitrogen and oxygen atoms in total. The number of nitrogens with one attached hydrogen (secondary N) is 2. The maximum atomic E-state index is 12.8. The lowest BCUT2D eigenvalue weighted by Gasteiger charge is -2.27. The molecule has 0 radical (unpaired) electrons. The van der Waals surface area contributed by atoms with Crippen LogP contribution in [0.25, 0.3) is 0 Å². The van der Waals surface area contributed by atoms with Crippen LogP contribution in [0.3, 0.4) is 0 Å². The predicted molar refractivity (Wildman–Crippen MR) is 107 cm³/mol. The summed E-state index contributed by atoms with van der Waals surface area (Å²) in [5.74, 6) is 1.95. The summed E-state index contributed by atoms with van der Waals surface area (Å²) in [6.45, 7) is 2.28. The van der Waals surface area contributed by atoms with Crippen molar-refractivity contribution in [3.05, 3.63) is 38.2 Å². The van der Waals surface area contributed by atoms with E-state index in [1.807, 2.05) is 12.1 Å². The molecule has 0 fully saturated rings. The first-order valence-corrected chi connectivity index (χ1v) is 10.3. The van der Waals surface area contributed by atoms with Crippen LogP contribution in [0.15, 0.2) is 16.6 Å². The van der Waals surface area contributed by atoms with Crippen molar-refractivity contribution in [3.8, 4) is 11.5 Å². The van der Waals surface area contributed by atoms with Crippen molar-refractivity contribution in [2.45, 2.75) is 32.4 Å². The van der Waals surface area contributed by atoms with Crippen LogP contribution >= 0.6 is 27.3 Å². The van der Waals surface area contributed by atoms with Crippen molar-refractivity contribution < 1.29 is 14.3 Å². The van der Waals surface area contributed by atoms with Crippen molar-refractivity contribution in [1.29, 1.82) is 0 Å². The number of anilines is 1. The molecule has 1 aliphatic carbocycles. The van der Waals surface area contributed by atoms with E-state index < -0.39 is 0 Å². The third-order valence-electron chi connectivity index (χ3n) is 5.08. The zero-order valence-corrected chi connectivity index (χ0v) is 17.3. The van der Waals surface area contributed by atoms with Crippen molar-refractivity contribution in [3.63, 3.8) is 0 Å². The zero-order chi connectivity index (χ0) is 18.4. The molecule has 26 heavy (non-hydrogen) atoms. The van der Waals surface area contributed by atoms with Crippen molar-refractivity contribution in [1.82, 2.24) is 5.32 Å². The first kappa shape index (κ1) is 17.7. The minimum Gasteiger partial charge on any atom is -0.493 e. The molecule has 2 heterocycles. The molecule has 2 N–H and O–H groups in total. The fourth-order valence-electron chi connectivity index (χ4n) is 3.73. The Balaban J connectivity index is 1.70.